The molecule has 0 bridgehead atoms. The van der Waals surface area contributed by atoms with Gasteiger partial charge in [-0.25, -0.2) is 4.79 Å². The molecule has 0 aliphatic carbocycles. The number of rotatable bonds is 7. The van der Waals surface area contributed by atoms with Gasteiger partial charge in [0.2, 0.25) is 0 Å². The number of carbonyl (C=O) groups excluding carboxylic acids is 1. The fraction of sp³-hybridized carbons (Fsp3) is 0.438. The summed E-state index contributed by atoms with van der Waals surface area (Å²) in [6.07, 6.45) is 2.33. The summed E-state index contributed by atoms with van der Waals surface area (Å²) in [6, 6.07) is 7.94. The highest BCUT2D eigenvalue weighted by Gasteiger charge is 2.17. The average Bonchev–Trinajstić information content (AvgIpc) is 3.11. The molecule has 2 aromatic heterocycles. The first-order valence-electron chi connectivity index (χ1n) is 7.33. The van der Waals surface area contributed by atoms with E-state index in [9.17, 15) is 4.79 Å². The summed E-state index contributed by atoms with van der Waals surface area (Å²) in [5.74, 6) is 0.873. The minimum Gasteiger partial charge on any atom is -0.469 e. The molecular weight excluding hydrogens is 298 g/mol. The second-order valence-corrected chi connectivity index (χ2v) is 6.51. The highest BCUT2D eigenvalue weighted by Crippen LogP contribution is 2.22. The molecule has 2 N–H and O–H groups in total. The molecule has 0 unspecified atom stereocenters. The van der Waals surface area contributed by atoms with Gasteiger partial charge in [0.25, 0.3) is 0 Å². The maximum atomic E-state index is 12.0. The van der Waals surface area contributed by atoms with Gasteiger partial charge in [-0.1, -0.05) is 6.07 Å². The van der Waals surface area contributed by atoms with Gasteiger partial charge in [-0.05, 0) is 44.6 Å². The number of nitrogens with one attached hydrogen (secondary N) is 2. The molecule has 2 rings (SSSR count). The molecule has 0 aliphatic heterocycles. The molecule has 0 saturated heterocycles. The SMILES string of the molecule is C[C@@H](Cc1ccco1)NC(=O)NC[C@H](c1cccs1)N(C)C. The quantitative estimate of drug-likeness (QED) is 0.824. The second kappa shape index (κ2) is 8.00. The third kappa shape index (κ3) is 4.89. The number of furan rings is 1. The molecule has 2 atom stereocenters. The Hall–Kier alpha value is -1.79. The van der Waals surface area contributed by atoms with Gasteiger partial charge in [0.05, 0.1) is 12.3 Å². The van der Waals surface area contributed by atoms with Gasteiger partial charge < -0.3 is 20.0 Å². The molecular formula is C16H23N3O2S. The number of likely N-dealkylation sites (N-methyl/N-ethyl adjacent to an activating group) is 1. The zero-order valence-corrected chi connectivity index (χ0v) is 14.0. The van der Waals surface area contributed by atoms with Crippen LogP contribution >= 0.6 is 11.3 Å². The fourth-order valence-corrected chi connectivity index (χ4v) is 3.19. The summed E-state index contributed by atoms with van der Waals surface area (Å²) in [4.78, 5) is 15.4. The van der Waals surface area contributed by atoms with E-state index >= 15 is 0 Å². The highest BCUT2D eigenvalue weighted by atomic mass is 32.1. The molecule has 22 heavy (non-hydrogen) atoms. The Bertz CT molecular complexity index is 552. The molecule has 2 amide bonds. The molecule has 0 aromatic carbocycles. The zero-order chi connectivity index (χ0) is 15.9. The summed E-state index contributed by atoms with van der Waals surface area (Å²) in [5, 5.41) is 7.93. The monoisotopic (exact) mass is 321 g/mol. The van der Waals surface area contributed by atoms with E-state index in [4.69, 9.17) is 4.42 Å². The fourth-order valence-electron chi connectivity index (χ4n) is 2.26. The van der Waals surface area contributed by atoms with E-state index in [2.05, 4.69) is 27.0 Å². The first-order chi connectivity index (χ1) is 10.6. The van der Waals surface area contributed by atoms with Gasteiger partial charge in [-0.2, -0.15) is 0 Å². The largest absolute Gasteiger partial charge is 0.469 e. The number of carbonyl (C=O) groups is 1. The molecule has 2 aromatic rings. The molecule has 0 fully saturated rings. The van der Waals surface area contributed by atoms with Gasteiger partial charge in [0.15, 0.2) is 0 Å². The van der Waals surface area contributed by atoms with Crippen LogP contribution in [-0.2, 0) is 6.42 Å². The van der Waals surface area contributed by atoms with E-state index in [-0.39, 0.29) is 18.1 Å². The van der Waals surface area contributed by atoms with Crippen molar-refractivity contribution >= 4 is 17.4 Å². The Labute approximate surface area is 135 Å². The lowest BCUT2D eigenvalue weighted by Gasteiger charge is -2.24. The Morgan fingerprint density at radius 3 is 2.77 bits per heavy atom. The molecule has 6 heteroatoms. The van der Waals surface area contributed by atoms with Crippen molar-refractivity contribution in [1.82, 2.24) is 15.5 Å². The number of hydrogen-bond acceptors (Lipinski definition) is 4. The van der Waals surface area contributed by atoms with Crippen LogP contribution in [0.15, 0.2) is 40.3 Å². The Kier molecular flexibility index (Phi) is 6.03. The first kappa shape index (κ1) is 16.6. The van der Waals surface area contributed by atoms with E-state index in [1.807, 2.05) is 39.2 Å². The lowest BCUT2D eigenvalue weighted by Crippen LogP contribution is -2.44. The Morgan fingerprint density at radius 2 is 2.18 bits per heavy atom. The molecule has 0 saturated carbocycles. The van der Waals surface area contributed by atoms with Crippen LogP contribution in [0.25, 0.3) is 0 Å². The van der Waals surface area contributed by atoms with Crippen LogP contribution in [0.2, 0.25) is 0 Å². The van der Waals surface area contributed by atoms with Crippen LogP contribution in [0.3, 0.4) is 0 Å². The standard InChI is InChI=1S/C16H23N3O2S/c1-12(10-13-6-4-8-21-13)18-16(20)17-11-14(19(2)3)15-7-5-9-22-15/h4-9,12,14H,10-11H2,1-3H3,(H2,17,18,20)/t12-,14+/m0/s1. The normalized spacial score (nSPS) is 13.8. The van der Waals surface area contributed by atoms with Crippen LogP contribution in [0, 0.1) is 0 Å². The van der Waals surface area contributed by atoms with Crippen LogP contribution in [0.5, 0.6) is 0 Å². The van der Waals surface area contributed by atoms with Crippen LogP contribution in [0.4, 0.5) is 4.79 Å². The van der Waals surface area contributed by atoms with Crippen molar-refractivity contribution in [1.29, 1.82) is 0 Å². The van der Waals surface area contributed by atoms with Crippen molar-refractivity contribution in [2.45, 2.75) is 25.4 Å². The van der Waals surface area contributed by atoms with Crippen molar-refractivity contribution in [3.05, 3.63) is 46.5 Å². The third-order valence-corrected chi connectivity index (χ3v) is 4.39. The maximum absolute atomic E-state index is 12.0. The number of hydrogen-bond donors (Lipinski definition) is 2. The molecule has 0 spiro atoms. The van der Waals surface area contributed by atoms with Crippen LogP contribution < -0.4 is 10.6 Å². The van der Waals surface area contributed by atoms with Crippen molar-refractivity contribution < 1.29 is 9.21 Å². The van der Waals surface area contributed by atoms with Crippen molar-refractivity contribution in [3.63, 3.8) is 0 Å². The van der Waals surface area contributed by atoms with E-state index in [0.29, 0.717) is 13.0 Å². The van der Waals surface area contributed by atoms with Crippen molar-refractivity contribution in [2.24, 2.45) is 0 Å². The maximum Gasteiger partial charge on any atom is 0.315 e. The molecule has 0 aliphatic rings. The van der Waals surface area contributed by atoms with Gasteiger partial charge in [0, 0.05) is 23.9 Å². The van der Waals surface area contributed by atoms with E-state index in [0.717, 1.165) is 5.76 Å². The lowest BCUT2D eigenvalue weighted by atomic mass is 10.2. The minimum atomic E-state index is -0.150. The predicted octanol–water partition coefficient (Wildman–Crippen LogP) is 2.87. The topological polar surface area (TPSA) is 57.5 Å². The van der Waals surface area contributed by atoms with Crippen LogP contribution in [-0.4, -0.2) is 37.6 Å². The zero-order valence-electron chi connectivity index (χ0n) is 13.2. The summed E-state index contributed by atoms with van der Waals surface area (Å²) in [7, 11) is 4.03. The number of amides is 2. The predicted molar refractivity (Wildman–Crippen MR) is 89.2 cm³/mol. The molecule has 0 radical (unpaired) electrons. The average molecular weight is 321 g/mol. The summed E-state index contributed by atoms with van der Waals surface area (Å²) < 4.78 is 5.29. The minimum absolute atomic E-state index is 0.0192. The summed E-state index contributed by atoms with van der Waals surface area (Å²) in [5.41, 5.74) is 0. The highest BCUT2D eigenvalue weighted by molar-refractivity contribution is 7.10. The van der Waals surface area contributed by atoms with Gasteiger partial charge in [-0.3, -0.25) is 0 Å². The number of urea groups is 1. The molecule has 120 valence electrons. The Morgan fingerprint density at radius 1 is 1.36 bits per heavy atom. The number of thiophene rings is 1. The van der Waals surface area contributed by atoms with Gasteiger partial charge in [0.1, 0.15) is 5.76 Å². The van der Waals surface area contributed by atoms with Gasteiger partial charge >= 0.3 is 6.03 Å². The Balaban J connectivity index is 1.78. The smallest absolute Gasteiger partial charge is 0.315 e. The second-order valence-electron chi connectivity index (χ2n) is 5.53. The number of nitrogens with zero attached hydrogens (tertiary/aromatic N) is 1. The van der Waals surface area contributed by atoms with E-state index in [1.54, 1.807) is 17.6 Å². The first-order valence-corrected chi connectivity index (χ1v) is 8.21. The van der Waals surface area contributed by atoms with Crippen molar-refractivity contribution in [2.75, 3.05) is 20.6 Å². The van der Waals surface area contributed by atoms with Crippen molar-refractivity contribution in [3.8, 4) is 0 Å². The van der Waals surface area contributed by atoms with Crippen LogP contribution in [0.1, 0.15) is 23.6 Å². The lowest BCUT2D eigenvalue weighted by molar-refractivity contribution is 0.230. The third-order valence-electron chi connectivity index (χ3n) is 3.42. The van der Waals surface area contributed by atoms with Gasteiger partial charge in [-0.15, -0.1) is 11.3 Å². The summed E-state index contributed by atoms with van der Waals surface area (Å²) in [6.45, 7) is 2.54. The summed E-state index contributed by atoms with van der Waals surface area (Å²) >= 11 is 1.70. The van der Waals surface area contributed by atoms with E-state index in [1.165, 1.54) is 4.88 Å². The van der Waals surface area contributed by atoms with E-state index < -0.39 is 0 Å². The molecule has 5 nitrogen and oxygen atoms in total. The molecule has 2 heterocycles.